The van der Waals surface area contributed by atoms with Gasteiger partial charge in [-0.15, -0.1) is 0 Å². The molecular formula is C20H26FNO3. The van der Waals surface area contributed by atoms with Gasteiger partial charge in [0.1, 0.15) is 11.4 Å². The predicted octanol–water partition coefficient (Wildman–Crippen LogP) is 4.23. The summed E-state index contributed by atoms with van der Waals surface area (Å²) in [6.07, 6.45) is 2.44. The molecule has 2 unspecified atom stereocenters. The van der Waals surface area contributed by atoms with E-state index in [4.69, 9.17) is 9.47 Å². The molecule has 2 aliphatic rings. The Labute approximate surface area is 148 Å². The molecule has 2 atom stereocenters. The van der Waals surface area contributed by atoms with Gasteiger partial charge in [0.25, 0.3) is 0 Å². The second-order valence-electron chi connectivity index (χ2n) is 7.97. The number of hydrogen-bond acceptors (Lipinski definition) is 3. The molecule has 2 bridgehead atoms. The zero-order chi connectivity index (χ0) is 18.4. The van der Waals surface area contributed by atoms with Gasteiger partial charge >= 0.3 is 6.09 Å². The Morgan fingerprint density at radius 3 is 2.44 bits per heavy atom. The van der Waals surface area contributed by atoms with Crippen LogP contribution in [0.25, 0.3) is 5.57 Å². The van der Waals surface area contributed by atoms with E-state index in [1.165, 1.54) is 0 Å². The van der Waals surface area contributed by atoms with Crippen molar-refractivity contribution in [2.45, 2.75) is 58.7 Å². The van der Waals surface area contributed by atoms with Gasteiger partial charge in [-0.2, -0.15) is 0 Å². The van der Waals surface area contributed by atoms with Crippen LogP contribution in [0.3, 0.4) is 0 Å². The minimum absolute atomic E-state index is 0.0562. The fourth-order valence-electron chi connectivity index (χ4n) is 3.54. The predicted molar refractivity (Wildman–Crippen MR) is 94.9 cm³/mol. The van der Waals surface area contributed by atoms with Gasteiger partial charge in [-0.25, -0.2) is 9.18 Å². The van der Waals surface area contributed by atoms with Gasteiger partial charge < -0.3 is 9.47 Å². The largest absolute Gasteiger partial charge is 0.444 e. The summed E-state index contributed by atoms with van der Waals surface area (Å²) in [6.45, 7) is 10.1. The molecule has 4 nitrogen and oxygen atoms in total. The van der Waals surface area contributed by atoms with Gasteiger partial charge in [-0.05, 0) is 75.4 Å². The quantitative estimate of drug-likeness (QED) is 0.763. The molecule has 1 aromatic rings. The van der Waals surface area contributed by atoms with Crippen molar-refractivity contribution >= 4 is 11.7 Å². The SMILES string of the molecule is Cc1cc(C2=CC3COCC(C2)N3C(=O)OC(C)(C)C)cc(C)c1F. The van der Waals surface area contributed by atoms with E-state index < -0.39 is 5.60 Å². The summed E-state index contributed by atoms with van der Waals surface area (Å²) >= 11 is 0. The lowest BCUT2D eigenvalue weighted by Crippen LogP contribution is -2.57. The van der Waals surface area contributed by atoms with E-state index in [1.807, 2.05) is 32.9 Å². The molecule has 2 aliphatic heterocycles. The summed E-state index contributed by atoms with van der Waals surface area (Å²) in [4.78, 5) is 14.4. The van der Waals surface area contributed by atoms with E-state index in [-0.39, 0.29) is 24.0 Å². The van der Waals surface area contributed by atoms with E-state index in [9.17, 15) is 9.18 Å². The molecule has 3 rings (SSSR count). The Bertz CT molecular complexity index is 697. The zero-order valence-corrected chi connectivity index (χ0v) is 15.6. The van der Waals surface area contributed by atoms with Crippen LogP contribution in [0.1, 0.15) is 43.9 Å². The van der Waals surface area contributed by atoms with E-state index in [0.717, 1.165) is 11.1 Å². The number of amides is 1. The number of nitrogens with zero attached hydrogens (tertiary/aromatic N) is 1. The minimum Gasteiger partial charge on any atom is -0.444 e. The van der Waals surface area contributed by atoms with Gasteiger partial charge in [0, 0.05) is 0 Å². The van der Waals surface area contributed by atoms with Gasteiger partial charge in [-0.1, -0.05) is 6.08 Å². The highest BCUT2D eigenvalue weighted by Gasteiger charge is 2.40. The first-order valence-electron chi connectivity index (χ1n) is 8.72. The van der Waals surface area contributed by atoms with Crippen LogP contribution in [-0.2, 0) is 9.47 Å². The molecule has 1 amide bonds. The van der Waals surface area contributed by atoms with Crippen LogP contribution in [0.4, 0.5) is 9.18 Å². The number of halogens is 1. The lowest BCUT2D eigenvalue weighted by Gasteiger charge is -2.44. The number of morpholine rings is 1. The van der Waals surface area contributed by atoms with Crippen molar-refractivity contribution in [1.29, 1.82) is 0 Å². The van der Waals surface area contributed by atoms with Crippen LogP contribution < -0.4 is 0 Å². The number of hydrogen-bond donors (Lipinski definition) is 0. The van der Waals surface area contributed by atoms with Gasteiger partial charge in [0.2, 0.25) is 0 Å². The molecular weight excluding hydrogens is 321 g/mol. The first-order chi connectivity index (χ1) is 11.7. The summed E-state index contributed by atoms with van der Waals surface area (Å²) in [6, 6.07) is 3.56. The molecule has 1 aromatic carbocycles. The summed E-state index contributed by atoms with van der Waals surface area (Å²) in [5, 5.41) is 0. The van der Waals surface area contributed by atoms with Crippen LogP contribution >= 0.6 is 0 Å². The maximum Gasteiger partial charge on any atom is 0.411 e. The molecule has 0 saturated carbocycles. The van der Waals surface area contributed by atoms with Gasteiger partial charge in [0.15, 0.2) is 0 Å². The highest BCUT2D eigenvalue weighted by Crippen LogP contribution is 2.34. The maximum atomic E-state index is 13.9. The Hall–Kier alpha value is -1.88. The molecule has 0 radical (unpaired) electrons. The number of carbonyl (C=O) groups excluding carboxylic acids is 1. The lowest BCUT2D eigenvalue weighted by molar-refractivity contribution is -0.0510. The summed E-state index contributed by atoms with van der Waals surface area (Å²) in [5.74, 6) is -0.154. The average molecular weight is 347 g/mol. The van der Waals surface area contributed by atoms with E-state index >= 15 is 0 Å². The van der Waals surface area contributed by atoms with E-state index in [1.54, 1.807) is 18.7 Å². The number of benzene rings is 1. The summed E-state index contributed by atoms with van der Waals surface area (Å²) in [5.41, 5.74) is 2.93. The van der Waals surface area contributed by atoms with Crippen molar-refractivity contribution in [2.24, 2.45) is 0 Å². The molecule has 25 heavy (non-hydrogen) atoms. The van der Waals surface area contributed by atoms with E-state index in [0.29, 0.717) is 30.8 Å². The fourth-order valence-corrected chi connectivity index (χ4v) is 3.54. The fraction of sp³-hybridized carbons (Fsp3) is 0.550. The third kappa shape index (κ3) is 3.71. The maximum absolute atomic E-state index is 13.9. The number of ether oxygens (including phenoxy) is 2. The van der Waals surface area contributed by atoms with Crippen LogP contribution in [0, 0.1) is 19.7 Å². The monoisotopic (exact) mass is 347 g/mol. The topological polar surface area (TPSA) is 38.8 Å². The minimum atomic E-state index is -0.526. The molecule has 136 valence electrons. The molecule has 0 aliphatic carbocycles. The van der Waals surface area contributed by atoms with Crippen molar-refractivity contribution in [3.8, 4) is 0 Å². The summed E-state index contributed by atoms with van der Waals surface area (Å²) in [7, 11) is 0. The molecule has 0 spiro atoms. The second kappa shape index (κ2) is 6.45. The van der Waals surface area contributed by atoms with Crippen molar-refractivity contribution < 1.29 is 18.7 Å². The van der Waals surface area contributed by atoms with Crippen LogP contribution in [0.15, 0.2) is 18.2 Å². The number of fused-ring (bicyclic) bond motifs is 2. The molecule has 0 N–H and O–H groups in total. The van der Waals surface area contributed by atoms with Crippen LogP contribution in [0.2, 0.25) is 0 Å². The first-order valence-corrected chi connectivity index (χ1v) is 8.72. The molecule has 5 heteroatoms. The van der Waals surface area contributed by atoms with E-state index in [2.05, 4.69) is 6.08 Å². The van der Waals surface area contributed by atoms with Crippen molar-refractivity contribution in [2.75, 3.05) is 13.2 Å². The van der Waals surface area contributed by atoms with Crippen molar-refractivity contribution in [3.05, 3.63) is 40.7 Å². The standard InChI is InChI=1S/C20H26FNO3/c1-12-6-14(7-13(2)18(12)21)15-8-16-10-24-11-17(9-15)22(16)19(23)25-20(3,4)5/h6-8,16-17H,9-11H2,1-5H3. The Balaban J connectivity index is 1.90. The smallest absolute Gasteiger partial charge is 0.411 e. The van der Waals surface area contributed by atoms with Crippen molar-refractivity contribution in [1.82, 2.24) is 4.90 Å². The summed E-state index contributed by atoms with van der Waals surface area (Å²) < 4.78 is 25.1. The Kier molecular flexibility index (Phi) is 4.62. The third-order valence-corrected chi connectivity index (χ3v) is 4.61. The zero-order valence-electron chi connectivity index (χ0n) is 15.6. The normalized spacial score (nSPS) is 23.3. The Morgan fingerprint density at radius 1 is 1.24 bits per heavy atom. The third-order valence-electron chi connectivity index (χ3n) is 4.61. The molecule has 2 heterocycles. The van der Waals surface area contributed by atoms with Crippen LogP contribution in [-0.4, -0.2) is 41.9 Å². The van der Waals surface area contributed by atoms with Crippen molar-refractivity contribution in [3.63, 3.8) is 0 Å². The lowest BCUT2D eigenvalue weighted by atomic mass is 9.88. The van der Waals surface area contributed by atoms with Gasteiger partial charge in [-0.3, -0.25) is 4.90 Å². The Morgan fingerprint density at radius 2 is 1.88 bits per heavy atom. The molecule has 0 aromatic heterocycles. The average Bonchev–Trinajstić information content (AvgIpc) is 2.49. The number of rotatable bonds is 1. The molecule has 1 fully saturated rings. The first kappa shape index (κ1) is 17.9. The number of carbonyl (C=O) groups is 1. The highest BCUT2D eigenvalue weighted by atomic mass is 19.1. The second-order valence-corrected chi connectivity index (χ2v) is 7.97. The molecule has 1 saturated heterocycles. The highest BCUT2D eigenvalue weighted by molar-refractivity contribution is 5.75. The number of aryl methyl sites for hydroxylation is 2. The van der Waals surface area contributed by atoms with Gasteiger partial charge in [0.05, 0.1) is 25.3 Å². The van der Waals surface area contributed by atoms with Crippen LogP contribution in [0.5, 0.6) is 0 Å².